The normalized spacial score (nSPS) is 11.2. The summed E-state index contributed by atoms with van der Waals surface area (Å²) in [4.78, 5) is 43.5. The molecule has 1 heterocycles. The van der Waals surface area contributed by atoms with Gasteiger partial charge in [-0.1, -0.05) is 26.0 Å². The van der Waals surface area contributed by atoms with Crippen molar-refractivity contribution in [3.63, 3.8) is 0 Å². The molecule has 32 heavy (non-hydrogen) atoms. The Labute approximate surface area is 187 Å². The molecular weight excluding hydrogens is 414 g/mol. The Kier molecular flexibility index (Phi) is 9.03. The van der Waals surface area contributed by atoms with E-state index in [4.69, 9.17) is 15.2 Å². The lowest BCUT2D eigenvalue weighted by Crippen LogP contribution is -2.46. The number of carbonyl (C=O) groups is 1. The molecule has 0 spiro atoms. The van der Waals surface area contributed by atoms with Crippen molar-refractivity contribution in [3.05, 3.63) is 50.7 Å². The van der Waals surface area contributed by atoms with Gasteiger partial charge in [0.25, 0.3) is 5.56 Å². The molecule has 0 radical (unpaired) electrons. The fourth-order valence-electron chi connectivity index (χ4n) is 3.34. The lowest BCUT2D eigenvalue weighted by molar-refractivity contribution is -0.119. The maximum absolute atomic E-state index is 13.2. The molecule has 0 unspecified atom stereocenters. The summed E-state index contributed by atoms with van der Waals surface area (Å²) in [6.07, 6.45) is 0. The highest BCUT2D eigenvalue weighted by Gasteiger charge is 2.25. The summed E-state index contributed by atoms with van der Waals surface area (Å²) in [7, 11) is 4.92. The van der Waals surface area contributed by atoms with Gasteiger partial charge in [-0.05, 0) is 30.7 Å². The van der Waals surface area contributed by atoms with Crippen LogP contribution >= 0.6 is 0 Å². The number of H-pyrrole nitrogens is 1. The largest absolute Gasteiger partial charge is 0.497 e. The molecule has 0 fully saturated rings. The fourth-order valence-corrected chi connectivity index (χ4v) is 3.34. The third-order valence-electron chi connectivity index (χ3n) is 4.87. The molecule has 0 aliphatic carbocycles. The monoisotopic (exact) mass is 447 g/mol. The van der Waals surface area contributed by atoms with Crippen LogP contribution in [0.2, 0.25) is 0 Å². The highest BCUT2D eigenvalue weighted by atomic mass is 16.5. The second-order valence-electron chi connectivity index (χ2n) is 8.06. The van der Waals surface area contributed by atoms with Crippen molar-refractivity contribution >= 4 is 17.4 Å². The topological polar surface area (TPSA) is 123 Å². The first-order valence-electron chi connectivity index (χ1n) is 10.4. The molecule has 10 heteroatoms. The number of amides is 1. The highest BCUT2D eigenvalue weighted by Crippen LogP contribution is 2.18. The number of aromatic amines is 1. The van der Waals surface area contributed by atoms with Crippen molar-refractivity contribution < 1.29 is 14.3 Å². The number of methoxy groups -OCH3 is 2. The minimum absolute atomic E-state index is 0.0327. The van der Waals surface area contributed by atoms with Gasteiger partial charge in [-0.2, -0.15) is 0 Å². The van der Waals surface area contributed by atoms with Gasteiger partial charge in [0, 0.05) is 26.7 Å². The van der Waals surface area contributed by atoms with E-state index in [-0.39, 0.29) is 43.0 Å². The molecule has 10 nitrogen and oxygen atoms in total. The van der Waals surface area contributed by atoms with Gasteiger partial charge in [0.1, 0.15) is 11.6 Å². The van der Waals surface area contributed by atoms with Crippen molar-refractivity contribution in [2.24, 2.45) is 5.92 Å². The van der Waals surface area contributed by atoms with Crippen LogP contribution in [0.25, 0.3) is 0 Å². The Morgan fingerprint density at radius 3 is 2.41 bits per heavy atom. The summed E-state index contributed by atoms with van der Waals surface area (Å²) in [5, 5.41) is 0. The number of rotatable bonds is 11. The van der Waals surface area contributed by atoms with Crippen LogP contribution in [0, 0.1) is 5.92 Å². The Morgan fingerprint density at radius 2 is 1.84 bits per heavy atom. The number of nitrogens with two attached hydrogens (primary N) is 1. The number of hydrogen-bond acceptors (Lipinski definition) is 7. The number of ether oxygens (including phenoxy) is 2. The van der Waals surface area contributed by atoms with Crippen LogP contribution in [0.3, 0.4) is 0 Å². The standard InChI is InChI=1S/C22H33N5O5/c1-15(2)12-27-20(23)19(21(29)24-22(27)30)26(10-11-31-4)18(28)14-25(3)13-16-6-8-17(32-5)9-7-16/h6-9,15H,10-14,23H2,1-5H3,(H,24,29,30). The quantitative estimate of drug-likeness (QED) is 0.524. The van der Waals surface area contributed by atoms with Gasteiger partial charge in [-0.3, -0.25) is 24.0 Å². The number of hydrogen-bond donors (Lipinski definition) is 2. The number of benzene rings is 1. The summed E-state index contributed by atoms with van der Waals surface area (Å²) in [5.41, 5.74) is 5.88. The van der Waals surface area contributed by atoms with Gasteiger partial charge in [0.05, 0.1) is 20.3 Å². The molecular formula is C22H33N5O5. The molecule has 0 aliphatic rings. The lowest BCUT2D eigenvalue weighted by atomic mass is 10.2. The first kappa shape index (κ1) is 25.2. The van der Waals surface area contributed by atoms with E-state index in [2.05, 4.69) is 4.98 Å². The Bertz CT molecular complexity index is 1010. The molecule has 0 atom stereocenters. The molecule has 0 aliphatic heterocycles. The van der Waals surface area contributed by atoms with Crippen molar-refractivity contribution in [1.82, 2.24) is 14.5 Å². The van der Waals surface area contributed by atoms with E-state index in [1.165, 1.54) is 16.6 Å². The van der Waals surface area contributed by atoms with Crippen LogP contribution < -0.4 is 26.6 Å². The van der Waals surface area contributed by atoms with Gasteiger partial charge >= 0.3 is 5.69 Å². The van der Waals surface area contributed by atoms with Gasteiger partial charge in [0.2, 0.25) is 5.91 Å². The molecule has 1 aromatic heterocycles. The lowest BCUT2D eigenvalue weighted by Gasteiger charge is -2.27. The number of nitrogen functional groups attached to an aromatic ring is 1. The second kappa shape index (κ2) is 11.5. The summed E-state index contributed by atoms with van der Waals surface area (Å²) in [5.74, 6) is 0.511. The predicted molar refractivity (Wildman–Crippen MR) is 124 cm³/mol. The zero-order chi connectivity index (χ0) is 23.8. The Balaban J connectivity index is 2.29. The van der Waals surface area contributed by atoms with Crippen molar-refractivity contribution in [3.8, 4) is 5.75 Å². The average molecular weight is 448 g/mol. The van der Waals surface area contributed by atoms with E-state index in [1.807, 2.05) is 50.1 Å². The van der Waals surface area contributed by atoms with Crippen LogP contribution in [-0.2, 0) is 22.6 Å². The molecule has 1 aromatic carbocycles. The molecule has 2 aromatic rings. The van der Waals surface area contributed by atoms with Crippen LogP contribution in [0.15, 0.2) is 33.9 Å². The number of aromatic nitrogens is 2. The van der Waals surface area contributed by atoms with E-state index >= 15 is 0 Å². The molecule has 0 saturated carbocycles. The van der Waals surface area contributed by atoms with Crippen LogP contribution in [-0.4, -0.2) is 61.3 Å². The van der Waals surface area contributed by atoms with Crippen LogP contribution in [0.4, 0.5) is 11.5 Å². The number of nitrogens with one attached hydrogen (secondary N) is 1. The molecule has 2 rings (SSSR count). The maximum Gasteiger partial charge on any atom is 0.330 e. The van der Waals surface area contributed by atoms with Crippen molar-refractivity contribution in [2.75, 3.05) is 51.6 Å². The summed E-state index contributed by atoms with van der Waals surface area (Å²) < 4.78 is 11.6. The Morgan fingerprint density at radius 1 is 1.19 bits per heavy atom. The fraction of sp³-hybridized carbons (Fsp3) is 0.500. The molecule has 0 bridgehead atoms. The minimum Gasteiger partial charge on any atom is -0.497 e. The number of carbonyl (C=O) groups excluding carboxylic acids is 1. The average Bonchev–Trinajstić information content (AvgIpc) is 2.73. The van der Waals surface area contributed by atoms with Gasteiger partial charge < -0.3 is 20.1 Å². The Hall–Kier alpha value is -3.11. The number of likely N-dealkylation sites (N-methyl/N-ethyl adjacent to an activating group) is 1. The summed E-state index contributed by atoms with van der Waals surface area (Å²) >= 11 is 0. The minimum atomic E-state index is -0.699. The van der Waals surface area contributed by atoms with Gasteiger partial charge in [-0.25, -0.2) is 4.79 Å². The van der Waals surface area contributed by atoms with Crippen LogP contribution in [0.5, 0.6) is 5.75 Å². The molecule has 176 valence electrons. The first-order valence-corrected chi connectivity index (χ1v) is 10.4. The van der Waals surface area contributed by atoms with E-state index in [9.17, 15) is 14.4 Å². The first-order chi connectivity index (χ1) is 15.2. The van der Waals surface area contributed by atoms with Gasteiger partial charge in [0.15, 0.2) is 5.69 Å². The van der Waals surface area contributed by atoms with E-state index in [1.54, 1.807) is 7.11 Å². The number of nitrogens with zero attached hydrogens (tertiary/aromatic N) is 3. The summed E-state index contributed by atoms with van der Waals surface area (Å²) in [6.45, 7) is 5.06. The smallest absolute Gasteiger partial charge is 0.330 e. The van der Waals surface area contributed by atoms with E-state index in [0.29, 0.717) is 13.1 Å². The zero-order valence-electron chi connectivity index (χ0n) is 19.4. The van der Waals surface area contributed by atoms with Gasteiger partial charge in [-0.15, -0.1) is 0 Å². The molecule has 0 saturated heterocycles. The maximum atomic E-state index is 13.2. The molecule has 1 amide bonds. The van der Waals surface area contributed by atoms with E-state index < -0.39 is 11.2 Å². The zero-order valence-corrected chi connectivity index (χ0v) is 19.4. The third-order valence-corrected chi connectivity index (χ3v) is 4.87. The predicted octanol–water partition coefficient (Wildman–Crippen LogP) is 0.895. The molecule has 3 N–H and O–H groups in total. The summed E-state index contributed by atoms with van der Waals surface area (Å²) in [6, 6.07) is 7.56. The third kappa shape index (κ3) is 6.44. The van der Waals surface area contributed by atoms with Crippen molar-refractivity contribution in [1.29, 1.82) is 0 Å². The van der Waals surface area contributed by atoms with E-state index in [0.717, 1.165) is 11.3 Å². The van der Waals surface area contributed by atoms with Crippen LogP contribution in [0.1, 0.15) is 19.4 Å². The second-order valence-corrected chi connectivity index (χ2v) is 8.06. The van der Waals surface area contributed by atoms with Crippen molar-refractivity contribution in [2.45, 2.75) is 26.9 Å². The SMILES string of the molecule is COCCN(C(=O)CN(C)Cc1ccc(OC)cc1)c1c(N)n(CC(C)C)c(=O)[nH]c1=O. The number of anilines is 2. The highest BCUT2D eigenvalue weighted by molar-refractivity contribution is 5.96.